The maximum absolute atomic E-state index is 12.7. The third-order valence-electron chi connectivity index (χ3n) is 4.83. The summed E-state index contributed by atoms with van der Waals surface area (Å²) >= 11 is 1.58. The Morgan fingerprint density at radius 3 is 2.83 bits per heavy atom. The Balaban J connectivity index is 1.55. The van der Waals surface area contributed by atoms with E-state index in [-0.39, 0.29) is 5.91 Å². The van der Waals surface area contributed by atoms with Crippen molar-refractivity contribution in [1.82, 2.24) is 19.4 Å². The van der Waals surface area contributed by atoms with E-state index in [1.165, 1.54) is 31.6 Å². The molecule has 2 aromatic rings. The van der Waals surface area contributed by atoms with Crippen molar-refractivity contribution < 1.29 is 4.79 Å². The predicted molar refractivity (Wildman–Crippen MR) is 90.4 cm³/mol. The first-order chi connectivity index (χ1) is 11.3. The van der Waals surface area contributed by atoms with Crippen LogP contribution in [0.3, 0.4) is 0 Å². The van der Waals surface area contributed by atoms with Crippen molar-refractivity contribution in [1.29, 1.82) is 0 Å². The molecule has 2 aliphatic rings. The highest BCUT2D eigenvalue weighted by Crippen LogP contribution is 2.21. The molecule has 1 amide bonds. The van der Waals surface area contributed by atoms with Crippen LogP contribution >= 0.6 is 11.3 Å². The molecule has 5 nitrogen and oxygen atoms in total. The normalized spacial score (nSPS) is 18.9. The van der Waals surface area contributed by atoms with E-state index in [4.69, 9.17) is 0 Å². The standard InChI is InChI=1S/C17H22N4OS/c22-17(14-4-9-23-12-14)20-7-3-8-21-13-18-15(16(21)11-20)10-19-5-1-2-6-19/h4,9,12-13H,1-3,5-8,10-11H2. The van der Waals surface area contributed by atoms with Gasteiger partial charge >= 0.3 is 0 Å². The second kappa shape index (κ2) is 6.45. The second-order valence-electron chi connectivity index (χ2n) is 6.41. The van der Waals surface area contributed by atoms with Gasteiger partial charge in [0.1, 0.15) is 0 Å². The molecule has 2 aliphatic heterocycles. The lowest BCUT2D eigenvalue weighted by Crippen LogP contribution is -2.31. The average Bonchev–Trinajstić information content (AvgIpc) is 3.29. The minimum absolute atomic E-state index is 0.146. The van der Waals surface area contributed by atoms with Gasteiger partial charge in [-0.3, -0.25) is 9.69 Å². The predicted octanol–water partition coefficient (Wildman–Crippen LogP) is 2.59. The molecule has 0 aromatic carbocycles. The average molecular weight is 330 g/mol. The minimum atomic E-state index is 0.146. The molecule has 23 heavy (non-hydrogen) atoms. The molecule has 0 radical (unpaired) electrons. The fourth-order valence-corrected chi connectivity index (χ4v) is 4.17. The van der Waals surface area contributed by atoms with Crippen LogP contribution in [0.25, 0.3) is 0 Å². The van der Waals surface area contributed by atoms with E-state index in [9.17, 15) is 4.79 Å². The molecule has 1 fully saturated rings. The Labute approximate surface area is 140 Å². The fraction of sp³-hybridized carbons (Fsp3) is 0.529. The highest BCUT2D eigenvalue weighted by atomic mass is 32.1. The van der Waals surface area contributed by atoms with E-state index < -0.39 is 0 Å². The molecule has 6 heteroatoms. The molecule has 122 valence electrons. The van der Waals surface area contributed by atoms with Crippen molar-refractivity contribution >= 4 is 17.2 Å². The smallest absolute Gasteiger partial charge is 0.255 e. The van der Waals surface area contributed by atoms with Crippen molar-refractivity contribution in [3.8, 4) is 0 Å². The van der Waals surface area contributed by atoms with E-state index in [1.807, 2.05) is 28.1 Å². The topological polar surface area (TPSA) is 41.4 Å². The van der Waals surface area contributed by atoms with E-state index in [1.54, 1.807) is 11.3 Å². The number of fused-ring (bicyclic) bond motifs is 1. The SMILES string of the molecule is O=C(c1ccsc1)N1CCCn2cnc(CN3CCCC3)c2C1. The van der Waals surface area contributed by atoms with Crippen molar-refractivity contribution in [2.75, 3.05) is 19.6 Å². The van der Waals surface area contributed by atoms with Gasteiger partial charge in [-0.15, -0.1) is 0 Å². The summed E-state index contributed by atoms with van der Waals surface area (Å²) in [5.41, 5.74) is 3.18. The Kier molecular flexibility index (Phi) is 4.18. The van der Waals surface area contributed by atoms with E-state index in [0.29, 0.717) is 6.54 Å². The lowest BCUT2D eigenvalue weighted by Gasteiger charge is -2.21. The van der Waals surface area contributed by atoms with Crippen LogP contribution in [0.5, 0.6) is 0 Å². The summed E-state index contributed by atoms with van der Waals surface area (Å²) in [7, 11) is 0. The lowest BCUT2D eigenvalue weighted by atomic mass is 10.2. The molecule has 0 bridgehead atoms. The third kappa shape index (κ3) is 3.05. The zero-order valence-electron chi connectivity index (χ0n) is 13.3. The van der Waals surface area contributed by atoms with Crippen LogP contribution in [0, 0.1) is 0 Å². The number of carbonyl (C=O) groups excluding carboxylic acids is 1. The Hall–Kier alpha value is -1.66. The molecule has 0 saturated carbocycles. The molecule has 2 aromatic heterocycles. The summed E-state index contributed by atoms with van der Waals surface area (Å²) in [6.07, 6.45) is 5.53. The molecular weight excluding hydrogens is 308 g/mol. The molecule has 0 aliphatic carbocycles. The van der Waals surface area contributed by atoms with Crippen LogP contribution in [-0.2, 0) is 19.6 Å². The number of thiophene rings is 1. The van der Waals surface area contributed by atoms with Gasteiger partial charge in [-0.25, -0.2) is 4.98 Å². The number of aromatic nitrogens is 2. The molecule has 4 heterocycles. The van der Waals surface area contributed by atoms with Crippen LogP contribution in [0.15, 0.2) is 23.2 Å². The van der Waals surface area contributed by atoms with E-state index in [0.717, 1.165) is 37.3 Å². The minimum Gasteiger partial charge on any atom is -0.333 e. The Morgan fingerprint density at radius 2 is 2.04 bits per heavy atom. The van der Waals surface area contributed by atoms with Crippen LogP contribution in [0.4, 0.5) is 0 Å². The van der Waals surface area contributed by atoms with Crippen molar-refractivity contribution in [2.24, 2.45) is 0 Å². The maximum Gasteiger partial charge on any atom is 0.255 e. The van der Waals surface area contributed by atoms with Gasteiger partial charge in [-0.1, -0.05) is 0 Å². The van der Waals surface area contributed by atoms with Gasteiger partial charge in [0.15, 0.2) is 0 Å². The summed E-state index contributed by atoms with van der Waals surface area (Å²) in [5.74, 6) is 0.146. The van der Waals surface area contributed by atoms with Crippen LogP contribution in [-0.4, -0.2) is 44.9 Å². The second-order valence-corrected chi connectivity index (χ2v) is 7.19. The number of amides is 1. The number of likely N-dealkylation sites (tertiary alicyclic amines) is 1. The number of carbonyl (C=O) groups is 1. The molecule has 4 rings (SSSR count). The van der Waals surface area contributed by atoms with Crippen molar-refractivity contribution in [3.63, 3.8) is 0 Å². The number of hydrogen-bond acceptors (Lipinski definition) is 4. The zero-order valence-corrected chi connectivity index (χ0v) is 14.1. The van der Waals surface area contributed by atoms with Crippen LogP contribution in [0.2, 0.25) is 0 Å². The first-order valence-corrected chi connectivity index (χ1v) is 9.32. The van der Waals surface area contributed by atoms with Crippen LogP contribution < -0.4 is 0 Å². The first kappa shape index (κ1) is 14.9. The largest absolute Gasteiger partial charge is 0.333 e. The summed E-state index contributed by atoms with van der Waals surface area (Å²) in [6.45, 7) is 5.71. The van der Waals surface area contributed by atoms with E-state index in [2.05, 4.69) is 14.5 Å². The van der Waals surface area contributed by atoms with Crippen LogP contribution in [0.1, 0.15) is 41.0 Å². The Bertz CT molecular complexity index is 673. The summed E-state index contributed by atoms with van der Waals surface area (Å²) < 4.78 is 2.24. The van der Waals surface area contributed by atoms with Gasteiger partial charge in [0.2, 0.25) is 0 Å². The Morgan fingerprint density at radius 1 is 1.17 bits per heavy atom. The fourth-order valence-electron chi connectivity index (χ4n) is 3.54. The zero-order chi connectivity index (χ0) is 15.6. The number of nitrogens with zero attached hydrogens (tertiary/aromatic N) is 4. The quantitative estimate of drug-likeness (QED) is 0.868. The monoisotopic (exact) mass is 330 g/mol. The summed E-state index contributed by atoms with van der Waals surface area (Å²) in [5, 5.41) is 3.91. The van der Waals surface area contributed by atoms with Gasteiger partial charge in [0.25, 0.3) is 5.91 Å². The van der Waals surface area contributed by atoms with Crippen molar-refractivity contribution in [3.05, 3.63) is 40.1 Å². The van der Waals surface area contributed by atoms with Gasteiger partial charge < -0.3 is 9.47 Å². The number of aryl methyl sites for hydroxylation is 1. The lowest BCUT2D eigenvalue weighted by molar-refractivity contribution is 0.0745. The molecule has 1 saturated heterocycles. The molecule has 0 spiro atoms. The third-order valence-corrected chi connectivity index (χ3v) is 5.51. The van der Waals surface area contributed by atoms with Gasteiger partial charge in [-0.05, 0) is 43.8 Å². The number of rotatable bonds is 3. The molecular formula is C17H22N4OS. The molecule has 0 unspecified atom stereocenters. The van der Waals surface area contributed by atoms with Gasteiger partial charge in [0.05, 0.1) is 29.8 Å². The molecule has 0 N–H and O–H groups in total. The highest BCUT2D eigenvalue weighted by Gasteiger charge is 2.24. The van der Waals surface area contributed by atoms with E-state index >= 15 is 0 Å². The molecule has 0 atom stereocenters. The van der Waals surface area contributed by atoms with Gasteiger partial charge in [0, 0.05) is 25.0 Å². The maximum atomic E-state index is 12.7. The highest BCUT2D eigenvalue weighted by molar-refractivity contribution is 7.08. The van der Waals surface area contributed by atoms with Gasteiger partial charge in [-0.2, -0.15) is 11.3 Å². The first-order valence-electron chi connectivity index (χ1n) is 8.38. The number of imidazole rings is 1. The number of hydrogen-bond donors (Lipinski definition) is 0. The summed E-state index contributed by atoms with van der Waals surface area (Å²) in [4.78, 5) is 21.8. The summed E-state index contributed by atoms with van der Waals surface area (Å²) in [6, 6.07) is 1.92. The van der Waals surface area contributed by atoms with Crippen molar-refractivity contribution in [2.45, 2.75) is 38.9 Å².